The molecule has 3 rings (SSSR count). The van der Waals surface area contributed by atoms with E-state index in [1.807, 2.05) is 31.2 Å². The third kappa shape index (κ3) is 1.66. The van der Waals surface area contributed by atoms with Crippen LogP contribution in [0.15, 0.2) is 36.7 Å². The fourth-order valence-corrected chi connectivity index (χ4v) is 2.95. The second kappa shape index (κ2) is 3.82. The van der Waals surface area contributed by atoms with Crippen LogP contribution in [0.5, 0.6) is 0 Å². The lowest BCUT2D eigenvalue weighted by molar-refractivity contribution is 1.27. The molecule has 3 nitrogen and oxygen atoms in total. The third-order valence-electron chi connectivity index (χ3n) is 2.68. The van der Waals surface area contributed by atoms with Crippen LogP contribution < -0.4 is 5.73 Å². The van der Waals surface area contributed by atoms with Gasteiger partial charge in [-0.2, -0.15) is 0 Å². The Labute approximate surface area is 103 Å². The van der Waals surface area contributed by atoms with Crippen molar-refractivity contribution < 1.29 is 0 Å². The molecule has 0 saturated carbocycles. The van der Waals surface area contributed by atoms with Gasteiger partial charge in [-0.3, -0.25) is 4.98 Å². The van der Waals surface area contributed by atoms with Gasteiger partial charge in [0.25, 0.3) is 0 Å². The lowest BCUT2D eigenvalue weighted by Crippen LogP contribution is -1.86. The molecule has 0 aliphatic heterocycles. The van der Waals surface area contributed by atoms with E-state index in [9.17, 15) is 0 Å². The van der Waals surface area contributed by atoms with Crippen LogP contribution in [0.25, 0.3) is 20.7 Å². The minimum atomic E-state index is 0.809. The zero-order valence-corrected chi connectivity index (χ0v) is 10.2. The number of nitrogens with zero attached hydrogens (tertiary/aromatic N) is 2. The number of aromatic nitrogens is 2. The van der Waals surface area contributed by atoms with Gasteiger partial charge in [0.1, 0.15) is 4.83 Å². The van der Waals surface area contributed by atoms with Crippen LogP contribution in [-0.4, -0.2) is 9.97 Å². The Morgan fingerprint density at radius 3 is 2.65 bits per heavy atom. The third-order valence-corrected chi connectivity index (χ3v) is 3.84. The molecule has 0 aromatic carbocycles. The number of hydrogen-bond donors (Lipinski definition) is 1. The maximum absolute atomic E-state index is 6.17. The number of nitrogens with two attached hydrogens (primary N) is 1. The maximum atomic E-state index is 6.17. The summed E-state index contributed by atoms with van der Waals surface area (Å²) in [6.07, 6.45) is 3.55. The van der Waals surface area contributed by atoms with Gasteiger partial charge in [0.15, 0.2) is 0 Å². The van der Waals surface area contributed by atoms with Crippen LogP contribution in [0, 0.1) is 6.92 Å². The van der Waals surface area contributed by atoms with E-state index < -0.39 is 0 Å². The topological polar surface area (TPSA) is 51.8 Å². The molecule has 4 heteroatoms. The molecular formula is C13H11N3S. The Bertz CT molecular complexity index is 674. The summed E-state index contributed by atoms with van der Waals surface area (Å²) in [5, 5.41) is 1.03. The number of anilines is 1. The van der Waals surface area contributed by atoms with Gasteiger partial charge < -0.3 is 5.73 Å². The van der Waals surface area contributed by atoms with Crippen molar-refractivity contribution in [1.82, 2.24) is 9.97 Å². The van der Waals surface area contributed by atoms with Crippen LogP contribution in [0.2, 0.25) is 0 Å². The van der Waals surface area contributed by atoms with Crippen molar-refractivity contribution in [1.29, 1.82) is 0 Å². The molecule has 0 radical (unpaired) electrons. The number of aryl methyl sites for hydroxylation is 1. The molecule has 0 saturated heterocycles. The number of fused-ring (bicyclic) bond motifs is 1. The van der Waals surface area contributed by atoms with Crippen molar-refractivity contribution in [3.05, 3.63) is 42.4 Å². The van der Waals surface area contributed by atoms with Crippen molar-refractivity contribution in [3.8, 4) is 10.4 Å². The SMILES string of the molecule is Cc1ccc2c(N)c(-c3ccncc3)sc2n1. The van der Waals surface area contributed by atoms with Crippen molar-refractivity contribution in [2.24, 2.45) is 0 Å². The zero-order valence-electron chi connectivity index (χ0n) is 9.34. The summed E-state index contributed by atoms with van der Waals surface area (Å²) in [5.41, 5.74) is 9.09. The van der Waals surface area contributed by atoms with Crippen LogP contribution in [0.3, 0.4) is 0 Å². The van der Waals surface area contributed by atoms with Gasteiger partial charge in [-0.15, -0.1) is 11.3 Å². The van der Waals surface area contributed by atoms with E-state index in [0.29, 0.717) is 0 Å². The minimum absolute atomic E-state index is 0.809. The van der Waals surface area contributed by atoms with Crippen molar-refractivity contribution in [2.75, 3.05) is 5.73 Å². The summed E-state index contributed by atoms with van der Waals surface area (Å²) >= 11 is 1.63. The van der Waals surface area contributed by atoms with Gasteiger partial charge in [-0.05, 0) is 36.8 Å². The van der Waals surface area contributed by atoms with Crippen molar-refractivity contribution in [2.45, 2.75) is 6.92 Å². The molecule has 0 aliphatic carbocycles. The quantitative estimate of drug-likeness (QED) is 0.711. The minimum Gasteiger partial charge on any atom is -0.397 e. The molecule has 84 valence electrons. The highest BCUT2D eigenvalue weighted by Gasteiger charge is 2.11. The van der Waals surface area contributed by atoms with Gasteiger partial charge in [0, 0.05) is 23.5 Å². The fourth-order valence-electron chi connectivity index (χ4n) is 1.81. The Hall–Kier alpha value is -1.94. The molecular weight excluding hydrogens is 230 g/mol. The standard InChI is InChI=1S/C13H11N3S/c1-8-2-3-10-11(14)12(17-13(10)16-8)9-4-6-15-7-5-9/h2-7H,14H2,1H3. The average Bonchev–Trinajstić information content (AvgIpc) is 2.67. The van der Waals surface area contributed by atoms with E-state index in [2.05, 4.69) is 9.97 Å². The largest absolute Gasteiger partial charge is 0.397 e. The second-order valence-corrected chi connectivity index (χ2v) is 4.89. The first-order valence-electron chi connectivity index (χ1n) is 5.32. The van der Waals surface area contributed by atoms with Crippen molar-refractivity contribution in [3.63, 3.8) is 0 Å². The van der Waals surface area contributed by atoms with Gasteiger partial charge in [0.2, 0.25) is 0 Å². The van der Waals surface area contributed by atoms with E-state index in [4.69, 9.17) is 5.73 Å². The van der Waals surface area contributed by atoms with Gasteiger partial charge >= 0.3 is 0 Å². The lowest BCUT2D eigenvalue weighted by atomic mass is 10.2. The monoisotopic (exact) mass is 241 g/mol. The number of rotatable bonds is 1. The number of hydrogen-bond acceptors (Lipinski definition) is 4. The molecule has 0 spiro atoms. The summed E-state index contributed by atoms with van der Waals surface area (Å²) < 4.78 is 0. The average molecular weight is 241 g/mol. The predicted molar refractivity (Wildman–Crippen MR) is 72.0 cm³/mol. The predicted octanol–water partition coefficient (Wildman–Crippen LogP) is 3.25. The first-order valence-corrected chi connectivity index (χ1v) is 6.13. The molecule has 0 bridgehead atoms. The van der Waals surface area contributed by atoms with Gasteiger partial charge in [0.05, 0.1) is 10.6 Å². The Kier molecular flexibility index (Phi) is 2.30. The second-order valence-electron chi connectivity index (χ2n) is 3.89. The number of thiophene rings is 1. The van der Waals surface area contributed by atoms with Crippen LogP contribution >= 0.6 is 11.3 Å². The molecule has 0 aliphatic rings. The molecule has 2 N–H and O–H groups in total. The molecule has 17 heavy (non-hydrogen) atoms. The smallest absolute Gasteiger partial charge is 0.126 e. The maximum Gasteiger partial charge on any atom is 0.126 e. The Morgan fingerprint density at radius 1 is 1.12 bits per heavy atom. The lowest BCUT2D eigenvalue weighted by Gasteiger charge is -1.97. The molecule has 0 unspecified atom stereocenters. The van der Waals surface area contributed by atoms with Crippen molar-refractivity contribution >= 4 is 27.2 Å². The highest BCUT2D eigenvalue weighted by molar-refractivity contribution is 7.22. The molecule has 3 aromatic heterocycles. The Balaban J connectivity index is 2.28. The molecule has 0 amide bonds. The summed E-state index contributed by atoms with van der Waals surface area (Å²) in [6, 6.07) is 7.96. The molecule has 0 fully saturated rings. The first-order chi connectivity index (χ1) is 8.25. The fraction of sp³-hybridized carbons (Fsp3) is 0.0769. The summed E-state index contributed by atoms with van der Waals surface area (Å²) in [7, 11) is 0. The first kappa shape index (κ1) is 10.2. The van der Waals surface area contributed by atoms with E-state index in [0.717, 1.165) is 32.0 Å². The molecule has 0 atom stereocenters. The van der Waals surface area contributed by atoms with Gasteiger partial charge in [-0.1, -0.05) is 0 Å². The highest BCUT2D eigenvalue weighted by Crippen LogP contribution is 2.39. The Morgan fingerprint density at radius 2 is 1.88 bits per heavy atom. The highest BCUT2D eigenvalue weighted by atomic mass is 32.1. The molecule has 3 heterocycles. The van der Waals surface area contributed by atoms with E-state index in [1.54, 1.807) is 23.7 Å². The van der Waals surface area contributed by atoms with Crippen LogP contribution in [0.4, 0.5) is 5.69 Å². The van der Waals surface area contributed by atoms with Gasteiger partial charge in [-0.25, -0.2) is 4.98 Å². The number of pyridine rings is 2. The zero-order chi connectivity index (χ0) is 11.8. The normalized spacial score (nSPS) is 10.9. The number of nitrogen functional groups attached to an aromatic ring is 1. The van der Waals surface area contributed by atoms with Crippen LogP contribution in [-0.2, 0) is 0 Å². The van der Waals surface area contributed by atoms with E-state index in [1.165, 1.54) is 0 Å². The summed E-state index contributed by atoms with van der Waals surface area (Å²) in [5.74, 6) is 0. The van der Waals surface area contributed by atoms with E-state index >= 15 is 0 Å². The van der Waals surface area contributed by atoms with E-state index in [-0.39, 0.29) is 0 Å². The van der Waals surface area contributed by atoms with Crippen LogP contribution in [0.1, 0.15) is 5.69 Å². The molecule has 3 aromatic rings. The summed E-state index contributed by atoms with van der Waals surface area (Å²) in [4.78, 5) is 10.6. The summed E-state index contributed by atoms with van der Waals surface area (Å²) in [6.45, 7) is 1.99.